The molecule has 1 fully saturated rings. The van der Waals surface area contributed by atoms with Crippen molar-refractivity contribution in [3.63, 3.8) is 0 Å². The third-order valence-corrected chi connectivity index (χ3v) is 7.70. The van der Waals surface area contributed by atoms with Gasteiger partial charge in [-0.3, -0.25) is 0 Å². The highest BCUT2D eigenvalue weighted by atomic mass is 32.1. The van der Waals surface area contributed by atoms with Crippen molar-refractivity contribution in [3.05, 3.63) is 48.0 Å². The molecule has 0 aliphatic carbocycles. The molecule has 1 saturated heterocycles. The van der Waals surface area contributed by atoms with Crippen LogP contribution in [0.1, 0.15) is 50.5 Å². The number of unbranched alkanes of at least 4 members (excludes halogenated alkanes) is 3. The molecular formula is C27H35NO2S. The van der Waals surface area contributed by atoms with Crippen LogP contribution in [0.15, 0.2) is 42.5 Å². The number of aryl methyl sites for hydroxylation is 1. The molecule has 0 atom stereocenters. The number of thiophene rings is 1. The summed E-state index contributed by atoms with van der Waals surface area (Å²) in [6.45, 7) is 3.92. The molecule has 0 saturated carbocycles. The molecule has 3 nitrogen and oxygen atoms in total. The van der Waals surface area contributed by atoms with Gasteiger partial charge < -0.3 is 14.4 Å². The summed E-state index contributed by atoms with van der Waals surface area (Å²) in [7, 11) is 3.46. The third kappa shape index (κ3) is 5.61. The van der Waals surface area contributed by atoms with Crippen molar-refractivity contribution in [1.29, 1.82) is 0 Å². The van der Waals surface area contributed by atoms with Crippen molar-refractivity contribution >= 4 is 21.4 Å². The molecular weight excluding hydrogens is 402 g/mol. The fourth-order valence-corrected chi connectivity index (χ4v) is 5.94. The molecule has 3 aromatic rings. The van der Waals surface area contributed by atoms with E-state index < -0.39 is 0 Å². The van der Waals surface area contributed by atoms with Crippen molar-refractivity contribution < 1.29 is 9.47 Å². The predicted octanol–water partition coefficient (Wildman–Crippen LogP) is 7.17. The lowest BCUT2D eigenvalue weighted by Crippen LogP contribution is -2.30. The highest BCUT2D eigenvalue weighted by molar-refractivity contribution is 7.22. The van der Waals surface area contributed by atoms with Crippen LogP contribution < -0.4 is 9.47 Å². The maximum atomic E-state index is 5.47. The minimum absolute atomic E-state index is 0.904. The van der Waals surface area contributed by atoms with Gasteiger partial charge in [0.05, 0.1) is 14.2 Å². The number of likely N-dealkylation sites (tertiary alicyclic amines) is 1. The van der Waals surface area contributed by atoms with Crippen LogP contribution in [0.3, 0.4) is 0 Å². The van der Waals surface area contributed by atoms with Crippen LogP contribution >= 0.6 is 11.3 Å². The number of hydrogen-bond donors (Lipinski definition) is 0. The second kappa shape index (κ2) is 11.0. The number of piperidine rings is 1. The zero-order valence-corrected chi connectivity index (χ0v) is 19.8. The molecule has 1 aromatic heterocycles. The van der Waals surface area contributed by atoms with Gasteiger partial charge in [-0.05, 0) is 111 Å². The van der Waals surface area contributed by atoms with E-state index in [9.17, 15) is 0 Å². The number of methoxy groups -OCH3 is 2. The lowest BCUT2D eigenvalue weighted by molar-refractivity contribution is 0.224. The van der Waals surface area contributed by atoms with E-state index in [1.165, 1.54) is 90.7 Å². The number of fused-ring (bicyclic) bond motifs is 1. The Balaban J connectivity index is 1.43. The zero-order valence-electron chi connectivity index (χ0n) is 19.0. The van der Waals surface area contributed by atoms with Gasteiger partial charge in [-0.15, -0.1) is 11.3 Å². The van der Waals surface area contributed by atoms with E-state index >= 15 is 0 Å². The summed E-state index contributed by atoms with van der Waals surface area (Å²) in [6, 6.07) is 15.0. The molecule has 0 N–H and O–H groups in total. The molecule has 0 unspecified atom stereocenters. The number of ether oxygens (including phenoxy) is 2. The summed E-state index contributed by atoms with van der Waals surface area (Å²) < 4.78 is 12.1. The zero-order chi connectivity index (χ0) is 21.5. The molecule has 0 amide bonds. The van der Waals surface area contributed by atoms with Crippen molar-refractivity contribution in [2.45, 2.75) is 51.4 Å². The summed E-state index contributed by atoms with van der Waals surface area (Å²) in [5.74, 6) is 1.83. The average molecular weight is 438 g/mol. The molecule has 2 heterocycles. The van der Waals surface area contributed by atoms with E-state index in [0.717, 1.165) is 17.9 Å². The first-order chi connectivity index (χ1) is 15.3. The van der Waals surface area contributed by atoms with Gasteiger partial charge in [-0.25, -0.2) is 0 Å². The monoisotopic (exact) mass is 437 g/mol. The smallest absolute Gasteiger partial charge is 0.120 e. The normalized spacial score (nSPS) is 14.8. The Morgan fingerprint density at radius 1 is 0.806 bits per heavy atom. The SMILES string of the molecule is COc1ccc(-c2sc3cc(OC)ccc3c2CCCCCCN2CCCCC2)cc1. The summed E-state index contributed by atoms with van der Waals surface area (Å²) in [5.41, 5.74) is 2.77. The van der Waals surface area contributed by atoms with Crippen LogP contribution in [0.2, 0.25) is 0 Å². The van der Waals surface area contributed by atoms with E-state index in [1.807, 2.05) is 11.3 Å². The molecule has 4 rings (SSSR count). The fourth-order valence-electron chi connectivity index (χ4n) is 4.65. The predicted molar refractivity (Wildman–Crippen MR) is 133 cm³/mol. The molecule has 0 bridgehead atoms. The first-order valence-electron chi connectivity index (χ1n) is 11.7. The Hall–Kier alpha value is -2.04. The minimum atomic E-state index is 0.904. The van der Waals surface area contributed by atoms with Crippen LogP contribution in [-0.2, 0) is 6.42 Å². The van der Waals surface area contributed by atoms with Crippen LogP contribution in [0.5, 0.6) is 11.5 Å². The molecule has 1 aliphatic rings. The summed E-state index contributed by atoms with van der Waals surface area (Å²) in [6.07, 6.45) is 10.6. The summed E-state index contributed by atoms with van der Waals surface area (Å²) in [4.78, 5) is 4.05. The Morgan fingerprint density at radius 3 is 2.26 bits per heavy atom. The van der Waals surface area contributed by atoms with Gasteiger partial charge in [0.1, 0.15) is 11.5 Å². The maximum absolute atomic E-state index is 5.47. The third-order valence-electron chi connectivity index (χ3n) is 6.45. The highest BCUT2D eigenvalue weighted by Gasteiger charge is 2.15. The standard InChI is InChI=1S/C27H35NO2S/c1-29-22-13-11-21(12-14-22)27-25(24-16-15-23(30-2)20-26(24)31-27)10-6-3-4-7-17-28-18-8-5-9-19-28/h11-16,20H,3-10,17-19H2,1-2H3. The summed E-state index contributed by atoms with van der Waals surface area (Å²) in [5, 5.41) is 1.38. The quantitative estimate of drug-likeness (QED) is 0.314. The van der Waals surface area contributed by atoms with Gasteiger partial charge in [-0.2, -0.15) is 0 Å². The van der Waals surface area contributed by atoms with Crippen LogP contribution in [0.25, 0.3) is 20.5 Å². The maximum Gasteiger partial charge on any atom is 0.120 e. The van der Waals surface area contributed by atoms with E-state index in [0.29, 0.717) is 0 Å². The molecule has 2 aromatic carbocycles. The number of rotatable bonds is 10. The second-order valence-corrected chi connectivity index (χ2v) is 9.62. The fraction of sp³-hybridized carbons (Fsp3) is 0.481. The largest absolute Gasteiger partial charge is 0.497 e. The number of benzene rings is 2. The first kappa shape index (κ1) is 22.2. The molecule has 166 valence electrons. The van der Waals surface area contributed by atoms with Gasteiger partial charge in [0.25, 0.3) is 0 Å². The Labute approximate surface area is 191 Å². The van der Waals surface area contributed by atoms with Crippen molar-refractivity contribution in [3.8, 4) is 21.9 Å². The van der Waals surface area contributed by atoms with Gasteiger partial charge in [0.2, 0.25) is 0 Å². The number of nitrogens with zero attached hydrogens (tertiary/aromatic N) is 1. The highest BCUT2D eigenvalue weighted by Crippen LogP contribution is 2.41. The summed E-state index contributed by atoms with van der Waals surface area (Å²) >= 11 is 1.88. The molecule has 31 heavy (non-hydrogen) atoms. The second-order valence-electron chi connectivity index (χ2n) is 8.57. The molecule has 0 spiro atoms. The van der Waals surface area contributed by atoms with Gasteiger partial charge in [0, 0.05) is 9.58 Å². The lowest BCUT2D eigenvalue weighted by Gasteiger charge is -2.26. The topological polar surface area (TPSA) is 21.7 Å². The van der Waals surface area contributed by atoms with Gasteiger partial charge in [0.15, 0.2) is 0 Å². The first-order valence-corrected chi connectivity index (χ1v) is 12.6. The van der Waals surface area contributed by atoms with E-state index in [4.69, 9.17) is 9.47 Å². The van der Waals surface area contributed by atoms with E-state index in [-0.39, 0.29) is 0 Å². The Morgan fingerprint density at radius 2 is 1.52 bits per heavy atom. The molecule has 4 heteroatoms. The van der Waals surface area contributed by atoms with Crippen LogP contribution in [-0.4, -0.2) is 38.8 Å². The van der Waals surface area contributed by atoms with Crippen molar-refractivity contribution in [2.24, 2.45) is 0 Å². The lowest BCUT2D eigenvalue weighted by atomic mass is 9.99. The van der Waals surface area contributed by atoms with Gasteiger partial charge in [-0.1, -0.05) is 19.3 Å². The number of hydrogen-bond acceptors (Lipinski definition) is 4. The van der Waals surface area contributed by atoms with Crippen molar-refractivity contribution in [2.75, 3.05) is 33.9 Å². The van der Waals surface area contributed by atoms with E-state index in [2.05, 4.69) is 47.4 Å². The van der Waals surface area contributed by atoms with Crippen LogP contribution in [0, 0.1) is 0 Å². The Kier molecular flexibility index (Phi) is 7.87. The Bertz CT molecular complexity index is 957. The minimum Gasteiger partial charge on any atom is -0.497 e. The average Bonchev–Trinajstić information content (AvgIpc) is 3.19. The van der Waals surface area contributed by atoms with Crippen LogP contribution in [0.4, 0.5) is 0 Å². The van der Waals surface area contributed by atoms with E-state index in [1.54, 1.807) is 14.2 Å². The molecule has 1 aliphatic heterocycles. The van der Waals surface area contributed by atoms with Gasteiger partial charge >= 0.3 is 0 Å². The molecule has 0 radical (unpaired) electrons. The van der Waals surface area contributed by atoms with Crippen molar-refractivity contribution in [1.82, 2.24) is 4.90 Å².